The zero-order valence-corrected chi connectivity index (χ0v) is 15.4. The Morgan fingerprint density at radius 2 is 1.67 bits per heavy atom. The van der Waals surface area contributed by atoms with Gasteiger partial charge in [0.05, 0.1) is 25.1 Å². The molecule has 0 fully saturated rings. The molecule has 0 saturated heterocycles. The summed E-state index contributed by atoms with van der Waals surface area (Å²) in [5, 5.41) is 2.90. The van der Waals surface area contributed by atoms with Crippen LogP contribution in [0.3, 0.4) is 0 Å². The van der Waals surface area contributed by atoms with Gasteiger partial charge >= 0.3 is 5.97 Å². The maximum absolute atomic E-state index is 12.7. The summed E-state index contributed by atoms with van der Waals surface area (Å²) in [6.45, 7) is 2.05. The van der Waals surface area contributed by atoms with Crippen molar-refractivity contribution < 1.29 is 14.3 Å². The van der Waals surface area contributed by atoms with Crippen molar-refractivity contribution in [3.8, 4) is 0 Å². The van der Waals surface area contributed by atoms with Crippen molar-refractivity contribution in [1.82, 2.24) is 4.57 Å². The molecule has 0 aliphatic heterocycles. The second-order valence-corrected chi connectivity index (χ2v) is 6.32. The van der Waals surface area contributed by atoms with Crippen LogP contribution in [-0.2, 0) is 9.53 Å². The number of hydrogen-bond donors (Lipinski definition) is 1. The van der Waals surface area contributed by atoms with Crippen molar-refractivity contribution in [2.24, 2.45) is 0 Å². The number of carbonyl (C=O) groups excluding carboxylic acids is 2. The number of aryl methyl sites for hydroxylation is 1. The molecule has 5 nitrogen and oxygen atoms in total. The van der Waals surface area contributed by atoms with Gasteiger partial charge in [-0.05, 0) is 54.4 Å². The lowest BCUT2D eigenvalue weighted by molar-refractivity contribution is -0.116. The van der Waals surface area contributed by atoms with E-state index >= 15 is 0 Å². The van der Waals surface area contributed by atoms with E-state index in [4.69, 9.17) is 0 Å². The van der Waals surface area contributed by atoms with Crippen LogP contribution >= 0.6 is 0 Å². The van der Waals surface area contributed by atoms with E-state index in [9.17, 15) is 9.59 Å². The quantitative estimate of drug-likeness (QED) is 0.669. The van der Waals surface area contributed by atoms with Crippen molar-refractivity contribution in [3.05, 3.63) is 89.7 Å². The Hall–Kier alpha value is -3.34. The highest BCUT2D eigenvalue weighted by Crippen LogP contribution is 2.26. The molecule has 0 radical (unpaired) electrons. The van der Waals surface area contributed by atoms with Gasteiger partial charge in [-0.2, -0.15) is 0 Å². The van der Waals surface area contributed by atoms with Crippen molar-refractivity contribution in [3.63, 3.8) is 0 Å². The van der Waals surface area contributed by atoms with Gasteiger partial charge in [-0.25, -0.2) is 4.79 Å². The highest BCUT2D eigenvalue weighted by molar-refractivity contribution is 5.93. The normalized spacial score (nSPS) is 11.6. The molecule has 1 aromatic heterocycles. The number of benzene rings is 2. The number of aromatic nitrogens is 1. The summed E-state index contributed by atoms with van der Waals surface area (Å²) in [6.07, 6.45) is 4.24. The number of hydrogen-bond acceptors (Lipinski definition) is 3. The standard InChI is InChI=1S/C22H22N2O3/c1-16-7-3-4-8-19(16)20(24-13-5-6-14-24)15-21(25)23-18-11-9-17(10-12-18)22(26)27-2/h3-14,20H,15H2,1-2H3,(H,23,25). The number of nitrogens with one attached hydrogen (secondary N) is 1. The van der Waals surface area contributed by atoms with Gasteiger partial charge in [0.25, 0.3) is 0 Å². The van der Waals surface area contributed by atoms with E-state index in [1.807, 2.05) is 41.2 Å². The Morgan fingerprint density at radius 1 is 1.00 bits per heavy atom. The van der Waals surface area contributed by atoms with Crippen LogP contribution in [0.2, 0.25) is 0 Å². The number of carbonyl (C=O) groups is 2. The number of methoxy groups -OCH3 is 1. The monoisotopic (exact) mass is 362 g/mol. The Balaban J connectivity index is 1.75. The van der Waals surface area contributed by atoms with Crippen LogP contribution in [0.1, 0.15) is 33.9 Å². The predicted molar refractivity (Wildman–Crippen MR) is 105 cm³/mol. The smallest absolute Gasteiger partial charge is 0.337 e. The molecule has 1 heterocycles. The van der Waals surface area contributed by atoms with Crippen LogP contribution < -0.4 is 5.32 Å². The van der Waals surface area contributed by atoms with E-state index in [0.717, 1.165) is 11.1 Å². The molecular formula is C22H22N2O3. The minimum atomic E-state index is -0.403. The molecule has 1 atom stereocenters. The van der Waals surface area contributed by atoms with Crippen LogP contribution in [0.25, 0.3) is 0 Å². The molecule has 0 aliphatic rings. The zero-order chi connectivity index (χ0) is 19.2. The zero-order valence-electron chi connectivity index (χ0n) is 15.4. The fraction of sp³-hybridized carbons (Fsp3) is 0.182. The summed E-state index contributed by atoms with van der Waals surface area (Å²) in [7, 11) is 1.34. The van der Waals surface area contributed by atoms with Crippen molar-refractivity contribution >= 4 is 17.6 Å². The van der Waals surface area contributed by atoms with Crippen LogP contribution in [-0.4, -0.2) is 23.6 Å². The molecule has 3 rings (SSSR count). The maximum atomic E-state index is 12.7. The van der Waals surface area contributed by atoms with E-state index in [1.165, 1.54) is 7.11 Å². The Kier molecular flexibility index (Phi) is 5.71. The maximum Gasteiger partial charge on any atom is 0.337 e. The van der Waals surface area contributed by atoms with Gasteiger partial charge in [0.1, 0.15) is 0 Å². The largest absolute Gasteiger partial charge is 0.465 e. The average Bonchev–Trinajstić information content (AvgIpc) is 3.21. The SMILES string of the molecule is COC(=O)c1ccc(NC(=O)CC(c2ccccc2C)n2cccc2)cc1. The van der Waals surface area contributed by atoms with Gasteiger partial charge in [0, 0.05) is 18.1 Å². The van der Waals surface area contributed by atoms with Crippen molar-refractivity contribution in [2.75, 3.05) is 12.4 Å². The van der Waals surface area contributed by atoms with E-state index in [2.05, 4.69) is 29.1 Å². The van der Waals surface area contributed by atoms with Crippen LogP contribution in [0.15, 0.2) is 73.1 Å². The number of esters is 1. The third-order valence-electron chi connectivity index (χ3n) is 4.50. The minimum absolute atomic E-state index is 0.0875. The molecule has 0 spiro atoms. The van der Waals surface area contributed by atoms with Crippen LogP contribution in [0.5, 0.6) is 0 Å². The molecule has 2 aromatic carbocycles. The van der Waals surface area contributed by atoms with Gasteiger partial charge in [-0.15, -0.1) is 0 Å². The molecule has 5 heteroatoms. The third-order valence-corrected chi connectivity index (χ3v) is 4.50. The molecule has 27 heavy (non-hydrogen) atoms. The lowest BCUT2D eigenvalue weighted by Gasteiger charge is -2.21. The first kappa shape index (κ1) is 18.5. The number of rotatable bonds is 6. The number of amides is 1. The molecule has 1 N–H and O–H groups in total. The van der Waals surface area contributed by atoms with Gasteiger partial charge < -0.3 is 14.6 Å². The molecule has 0 aliphatic carbocycles. The topological polar surface area (TPSA) is 60.3 Å². The Morgan fingerprint density at radius 3 is 2.30 bits per heavy atom. The number of nitrogens with zero attached hydrogens (tertiary/aromatic N) is 1. The predicted octanol–water partition coefficient (Wildman–Crippen LogP) is 4.20. The first-order valence-corrected chi connectivity index (χ1v) is 8.74. The van der Waals surface area contributed by atoms with E-state index in [0.29, 0.717) is 17.7 Å². The summed E-state index contributed by atoms with van der Waals surface area (Å²) in [6, 6.07) is 18.6. The molecule has 1 amide bonds. The van der Waals surface area contributed by atoms with Gasteiger partial charge in [0.15, 0.2) is 0 Å². The second kappa shape index (κ2) is 8.36. The lowest BCUT2D eigenvalue weighted by Crippen LogP contribution is -2.20. The van der Waals surface area contributed by atoms with Gasteiger partial charge in [0.2, 0.25) is 5.91 Å². The number of anilines is 1. The minimum Gasteiger partial charge on any atom is -0.465 e. The molecule has 3 aromatic rings. The van der Waals surface area contributed by atoms with Crippen molar-refractivity contribution in [1.29, 1.82) is 0 Å². The van der Waals surface area contributed by atoms with E-state index in [1.54, 1.807) is 24.3 Å². The molecule has 0 saturated carbocycles. The molecule has 138 valence electrons. The molecule has 1 unspecified atom stereocenters. The summed E-state index contributed by atoms with van der Waals surface area (Å²) < 4.78 is 6.73. The van der Waals surface area contributed by atoms with Gasteiger partial charge in [-0.3, -0.25) is 4.79 Å². The van der Waals surface area contributed by atoms with Gasteiger partial charge in [-0.1, -0.05) is 24.3 Å². The number of ether oxygens (including phenoxy) is 1. The average molecular weight is 362 g/mol. The summed E-state index contributed by atoms with van der Waals surface area (Å²) in [4.78, 5) is 24.2. The second-order valence-electron chi connectivity index (χ2n) is 6.32. The van der Waals surface area contributed by atoms with E-state index in [-0.39, 0.29) is 11.9 Å². The third kappa shape index (κ3) is 4.44. The highest BCUT2D eigenvalue weighted by atomic mass is 16.5. The van der Waals surface area contributed by atoms with Crippen molar-refractivity contribution in [2.45, 2.75) is 19.4 Å². The fourth-order valence-electron chi connectivity index (χ4n) is 3.09. The Labute approximate surface area is 158 Å². The van der Waals surface area contributed by atoms with Crippen LogP contribution in [0, 0.1) is 6.92 Å². The fourth-order valence-corrected chi connectivity index (χ4v) is 3.09. The summed E-state index contributed by atoms with van der Waals surface area (Å²) in [5.41, 5.74) is 3.35. The highest BCUT2D eigenvalue weighted by Gasteiger charge is 2.19. The Bertz CT molecular complexity index is 915. The van der Waals surface area contributed by atoms with E-state index < -0.39 is 5.97 Å². The van der Waals surface area contributed by atoms with Crippen LogP contribution in [0.4, 0.5) is 5.69 Å². The lowest BCUT2D eigenvalue weighted by atomic mass is 9.98. The summed E-state index contributed by atoms with van der Waals surface area (Å²) in [5.74, 6) is -0.497. The molecular weight excluding hydrogens is 340 g/mol. The molecule has 0 bridgehead atoms. The first-order valence-electron chi connectivity index (χ1n) is 8.74. The first-order chi connectivity index (χ1) is 13.1. The summed E-state index contributed by atoms with van der Waals surface area (Å²) >= 11 is 0.